The lowest BCUT2D eigenvalue weighted by atomic mass is 9.83. The Labute approximate surface area is 118 Å². The van der Waals surface area contributed by atoms with Gasteiger partial charge in [-0.2, -0.15) is 0 Å². The summed E-state index contributed by atoms with van der Waals surface area (Å²) < 4.78 is 0. The zero-order valence-electron chi connectivity index (χ0n) is 12.4. The van der Waals surface area contributed by atoms with Gasteiger partial charge in [0.1, 0.15) is 0 Å². The molecule has 1 aliphatic rings. The lowest BCUT2D eigenvalue weighted by Gasteiger charge is -2.24. The number of nitrogens with one attached hydrogen (secondary N) is 1. The average molecular weight is 259 g/mol. The van der Waals surface area contributed by atoms with Crippen molar-refractivity contribution in [2.24, 2.45) is 5.92 Å². The third-order valence-electron chi connectivity index (χ3n) is 4.56. The molecular weight excluding hydrogens is 230 g/mol. The van der Waals surface area contributed by atoms with Crippen molar-refractivity contribution < 1.29 is 0 Å². The molecule has 1 aliphatic carbocycles. The molecule has 0 amide bonds. The van der Waals surface area contributed by atoms with Crippen LogP contribution in [0.25, 0.3) is 0 Å². The molecule has 2 rings (SSSR count). The molecule has 1 aromatic carbocycles. The standard InChI is InChI=1S/C18H29N/c1-2-19-15-18(17-11-7-4-8-12-17)14-13-16-9-5-3-6-10-16/h4,7-8,11-12,16,18-19H,2-3,5-6,9-10,13-15H2,1H3. The lowest BCUT2D eigenvalue weighted by molar-refractivity contribution is 0.321. The quantitative estimate of drug-likeness (QED) is 0.745. The molecule has 106 valence electrons. The van der Waals surface area contributed by atoms with Crippen molar-refractivity contribution in [3.63, 3.8) is 0 Å². The summed E-state index contributed by atoms with van der Waals surface area (Å²) in [4.78, 5) is 0. The first kappa shape index (κ1) is 14.6. The minimum absolute atomic E-state index is 0.697. The van der Waals surface area contributed by atoms with Crippen LogP contribution in [0.15, 0.2) is 30.3 Å². The molecule has 19 heavy (non-hydrogen) atoms. The zero-order valence-corrected chi connectivity index (χ0v) is 12.4. The predicted molar refractivity (Wildman–Crippen MR) is 83.5 cm³/mol. The summed E-state index contributed by atoms with van der Waals surface area (Å²) in [6, 6.07) is 11.1. The van der Waals surface area contributed by atoms with Crippen molar-refractivity contribution in [1.29, 1.82) is 0 Å². The van der Waals surface area contributed by atoms with E-state index in [9.17, 15) is 0 Å². The van der Waals surface area contributed by atoms with Gasteiger partial charge in [0.05, 0.1) is 0 Å². The molecule has 0 aromatic heterocycles. The van der Waals surface area contributed by atoms with Gasteiger partial charge < -0.3 is 5.32 Å². The second kappa shape index (κ2) is 8.37. The summed E-state index contributed by atoms with van der Waals surface area (Å²) in [5.41, 5.74) is 1.51. The Bertz CT molecular complexity index is 327. The van der Waals surface area contributed by atoms with E-state index in [2.05, 4.69) is 42.6 Å². The Morgan fingerprint density at radius 2 is 1.84 bits per heavy atom. The fraction of sp³-hybridized carbons (Fsp3) is 0.667. The summed E-state index contributed by atoms with van der Waals surface area (Å²) in [5, 5.41) is 3.53. The topological polar surface area (TPSA) is 12.0 Å². The predicted octanol–water partition coefficient (Wildman–Crippen LogP) is 4.74. The van der Waals surface area contributed by atoms with E-state index in [0.29, 0.717) is 5.92 Å². The van der Waals surface area contributed by atoms with Crippen LogP contribution in [0.5, 0.6) is 0 Å². The maximum absolute atomic E-state index is 3.53. The molecule has 0 saturated heterocycles. The van der Waals surface area contributed by atoms with Crippen LogP contribution >= 0.6 is 0 Å². The minimum atomic E-state index is 0.697. The highest BCUT2D eigenvalue weighted by atomic mass is 14.8. The lowest BCUT2D eigenvalue weighted by Crippen LogP contribution is -2.22. The Hall–Kier alpha value is -0.820. The Morgan fingerprint density at radius 3 is 2.53 bits per heavy atom. The summed E-state index contributed by atoms with van der Waals surface area (Å²) in [6.07, 6.45) is 10.1. The number of rotatable bonds is 7. The van der Waals surface area contributed by atoms with Crippen LogP contribution in [0.3, 0.4) is 0 Å². The van der Waals surface area contributed by atoms with Gasteiger partial charge in [0.15, 0.2) is 0 Å². The highest BCUT2D eigenvalue weighted by Crippen LogP contribution is 2.31. The molecule has 1 heteroatoms. The molecule has 1 nitrogen and oxygen atoms in total. The first-order valence-corrected chi connectivity index (χ1v) is 8.15. The van der Waals surface area contributed by atoms with Gasteiger partial charge in [-0.05, 0) is 36.8 Å². The molecular formula is C18H29N. The van der Waals surface area contributed by atoms with E-state index in [1.165, 1.54) is 50.5 Å². The van der Waals surface area contributed by atoms with Crippen LogP contribution in [0.4, 0.5) is 0 Å². The van der Waals surface area contributed by atoms with Gasteiger partial charge >= 0.3 is 0 Å². The van der Waals surface area contributed by atoms with E-state index in [1.807, 2.05) is 0 Å². The summed E-state index contributed by atoms with van der Waals surface area (Å²) in [5.74, 6) is 1.70. The van der Waals surface area contributed by atoms with Crippen LogP contribution in [0.1, 0.15) is 63.4 Å². The number of likely N-dealkylation sites (N-methyl/N-ethyl adjacent to an activating group) is 1. The molecule has 1 fully saturated rings. The summed E-state index contributed by atoms with van der Waals surface area (Å²) >= 11 is 0. The van der Waals surface area contributed by atoms with Gasteiger partial charge in [-0.25, -0.2) is 0 Å². The van der Waals surface area contributed by atoms with Gasteiger partial charge in [-0.15, -0.1) is 0 Å². The molecule has 0 radical (unpaired) electrons. The monoisotopic (exact) mass is 259 g/mol. The average Bonchev–Trinajstić information content (AvgIpc) is 2.49. The number of hydrogen-bond donors (Lipinski definition) is 1. The first-order chi connectivity index (χ1) is 9.40. The first-order valence-electron chi connectivity index (χ1n) is 8.15. The van der Waals surface area contributed by atoms with E-state index in [1.54, 1.807) is 0 Å². The fourth-order valence-electron chi connectivity index (χ4n) is 3.34. The number of hydrogen-bond acceptors (Lipinski definition) is 1. The number of benzene rings is 1. The maximum Gasteiger partial charge on any atom is 0.00200 e. The molecule has 0 bridgehead atoms. The second-order valence-electron chi connectivity index (χ2n) is 6.00. The normalized spacial score (nSPS) is 18.4. The van der Waals surface area contributed by atoms with E-state index >= 15 is 0 Å². The Kier molecular flexibility index (Phi) is 6.43. The zero-order chi connectivity index (χ0) is 13.3. The molecule has 0 aliphatic heterocycles. The van der Waals surface area contributed by atoms with Gasteiger partial charge in [-0.3, -0.25) is 0 Å². The second-order valence-corrected chi connectivity index (χ2v) is 6.00. The van der Waals surface area contributed by atoms with Gasteiger partial charge in [0.2, 0.25) is 0 Å². The van der Waals surface area contributed by atoms with Crippen LogP contribution in [-0.2, 0) is 0 Å². The van der Waals surface area contributed by atoms with Crippen molar-refractivity contribution in [2.45, 2.75) is 57.8 Å². The van der Waals surface area contributed by atoms with Gasteiger partial charge in [0, 0.05) is 6.54 Å². The van der Waals surface area contributed by atoms with Crippen molar-refractivity contribution in [2.75, 3.05) is 13.1 Å². The molecule has 1 atom stereocenters. The highest BCUT2D eigenvalue weighted by Gasteiger charge is 2.17. The van der Waals surface area contributed by atoms with Crippen LogP contribution in [0, 0.1) is 5.92 Å². The Morgan fingerprint density at radius 1 is 1.11 bits per heavy atom. The fourth-order valence-corrected chi connectivity index (χ4v) is 3.34. The van der Waals surface area contributed by atoms with Gasteiger partial charge in [-0.1, -0.05) is 69.4 Å². The maximum atomic E-state index is 3.53. The SMILES string of the molecule is CCNCC(CCC1CCCCC1)c1ccccc1. The highest BCUT2D eigenvalue weighted by molar-refractivity contribution is 5.19. The van der Waals surface area contributed by atoms with E-state index in [4.69, 9.17) is 0 Å². The van der Waals surface area contributed by atoms with Crippen LogP contribution in [0.2, 0.25) is 0 Å². The third kappa shape index (κ3) is 4.99. The van der Waals surface area contributed by atoms with Crippen LogP contribution in [-0.4, -0.2) is 13.1 Å². The summed E-state index contributed by atoms with van der Waals surface area (Å²) in [7, 11) is 0. The van der Waals surface area contributed by atoms with Crippen molar-refractivity contribution >= 4 is 0 Å². The van der Waals surface area contributed by atoms with Crippen molar-refractivity contribution in [1.82, 2.24) is 5.32 Å². The molecule has 1 N–H and O–H groups in total. The Balaban J connectivity index is 1.86. The molecule has 0 spiro atoms. The minimum Gasteiger partial charge on any atom is -0.316 e. The van der Waals surface area contributed by atoms with Crippen LogP contribution < -0.4 is 5.32 Å². The smallest absolute Gasteiger partial charge is 0.00200 e. The van der Waals surface area contributed by atoms with Crippen molar-refractivity contribution in [3.05, 3.63) is 35.9 Å². The molecule has 1 unspecified atom stereocenters. The van der Waals surface area contributed by atoms with Gasteiger partial charge in [0.25, 0.3) is 0 Å². The third-order valence-corrected chi connectivity index (χ3v) is 4.56. The molecule has 1 aromatic rings. The van der Waals surface area contributed by atoms with E-state index in [-0.39, 0.29) is 0 Å². The van der Waals surface area contributed by atoms with E-state index < -0.39 is 0 Å². The molecule has 0 heterocycles. The van der Waals surface area contributed by atoms with E-state index in [0.717, 1.165) is 19.0 Å². The summed E-state index contributed by atoms with van der Waals surface area (Å²) in [6.45, 7) is 4.41. The largest absolute Gasteiger partial charge is 0.316 e. The van der Waals surface area contributed by atoms with Crippen molar-refractivity contribution in [3.8, 4) is 0 Å². The molecule has 1 saturated carbocycles.